The minimum absolute atomic E-state index is 0.0288. The van der Waals surface area contributed by atoms with Gasteiger partial charge in [0.05, 0.1) is 6.20 Å². The van der Waals surface area contributed by atoms with Gasteiger partial charge < -0.3 is 9.73 Å². The van der Waals surface area contributed by atoms with Crippen molar-refractivity contribution in [1.82, 2.24) is 10.3 Å². The molecule has 1 aromatic carbocycles. The van der Waals surface area contributed by atoms with Gasteiger partial charge in [-0.05, 0) is 43.5 Å². The Morgan fingerprint density at radius 3 is 3.00 bits per heavy atom. The Hall–Kier alpha value is -2.50. The van der Waals surface area contributed by atoms with E-state index in [1.807, 2.05) is 25.1 Å². The second-order valence-corrected chi connectivity index (χ2v) is 5.55. The molecule has 0 bridgehead atoms. The summed E-state index contributed by atoms with van der Waals surface area (Å²) in [6, 6.07) is 5.76. The zero-order valence-corrected chi connectivity index (χ0v) is 11.5. The molecule has 1 N–H and O–H groups in total. The number of nitrogens with one attached hydrogen (secondary N) is 1. The molecule has 1 saturated carbocycles. The number of aromatic nitrogens is 1. The summed E-state index contributed by atoms with van der Waals surface area (Å²) in [6.07, 6.45) is 5.10. The highest BCUT2D eigenvalue weighted by Crippen LogP contribution is 2.35. The van der Waals surface area contributed by atoms with E-state index in [0.29, 0.717) is 11.5 Å². The van der Waals surface area contributed by atoms with Crippen molar-refractivity contribution in [3.63, 3.8) is 0 Å². The van der Waals surface area contributed by atoms with E-state index in [1.54, 1.807) is 12.3 Å². The fourth-order valence-corrected chi connectivity index (χ4v) is 2.37. The molecule has 1 aliphatic carbocycles. The summed E-state index contributed by atoms with van der Waals surface area (Å²) in [4.78, 5) is 16.6. The van der Waals surface area contributed by atoms with Crippen LogP contribution in [0.4, 0.5) is 0 Å². The Bertz CT molecular complexity index is 774. The summed E-state index contributed by atoms with van der Waals surface area (Å²) in [5.41, 5.74) is 1.42. The number of rotatable bonds is 3. The average Bonchev–Trinajstić information content (AvgIpc) is 3.07. The zero-order valence-electron chi connectivity index (χ0n) is 11.5. The van der Waals surface area contributed by atoms with Crippen molar-refractivity contribution in [1.29, 1.82) is 0 Å². The predicted molar refractivity (Wildman–Crippen MR) is 75.3 cm³/mol. The number of fused-ring (bicyclic) bond motifs is 1. The molecular weight excluding hydrogens is 268 g/mol. The highest BCUT2D eigenvalue weighted by atomic mass is 16.4. The molecule has 1 fully saturated rings. The Morgan fingerprint density at radius 2 is 2.29 bits per heavy atom. The van der Waals surface area contributed by atoms with Crippen LogP contribution in [-0.4, -0.2) is 10.9 Å². The van der Waals surface area contributed by atoms with Gasteiger partial charge in [-0.15, -0.1) is 5.11 Å². The largest absolute Gasteiger partial charge is 0.436 e. The zero-order chi connectivity index (χ0) is 14.4. The molecule has 4 rings (SSSR count). The van der Waals surface area contributed by atoms with Gasteiger partial charge in [-0.3, -0.25) is 4.79 Å². The molecule has 1 aromatic heterocycles. The number of hydrogen-bond donors (Lipinski definition) is 1. The lowest BCUT2D eigenvalue weighted by molar-refractivity contribution is -0.124. The van der Waals surface area contributed by atoms with Crippen LogP contribution in [0.15, 0.2) is 45.1 Å². The van der Waals surface area contributed by atoms with Crippen LogP contribution in [0, 0.1) is 12.8 Å². The van der Waals surface area contributed by atoms with Crippen LogP contribution in [0.1, 0.15) is 24.3 Å². The number of oxazole rings is 1. The topological polar surface area (TPSA) is 79.9 Å². The molecule has 0 spiro atoms. The number of benzene rings is 1. The molecule has 21 heavy (non-hydrogen) atoms. The molecule has 2 aromatic rings. The molecular formula is C15H14N4O2. The smallest absolute Gasteiger partial charge is 0.250 e. The lowest BCUT2D eigenvalue weighted by atomic mass is 10.1. The van der Waals surface area contributed by atoms with Crippen LogP contribution in [0.3, 0.4) is 0 Å². The quantitative estimate of drug-likeness (QED) is 0.940. The standard InChI is InChI=1S/C15H14N4O2/c1-9-2-5-12-11(8-9)17-14(21-12)15(6-7-16-19-15)18-13(20)10-3-4-10/h2,5-8,10H,3-4H2,1H3,(H,18,20). The van der Waals surface area contributed by atoms with Crippen molar-refractivity contribution < 1.29 is 9.21 Å². The van der Waals surface area contributed by atoms with Gasteiger partial charge in [0.1, 0.15) is 5.52 Å². The van der Waals surface area contributed by atoms with Crippen molar-refractivity contribution in [2.45, 2.75) is 25.4 Å². The van der Waals surface area contributed by atoms with Gasteiger partial charge in [-0.2, -0.15) is 5.11 Å². The second-order valence-electron chi connectivity index (χ2n) is 5.55. The highest BCUT2D eigenvalue weighted by molar-refractivity contribution is 5.82. The maximum absolute atomic E-state index is 12.1. The second kappa shape index (κ2) is 4.25. The van der Waals surface area contributed by atoms with Crippen molar-refractivity contribution in [3.8, 4) is 0 Å². The van der Waals surface area contributed by atoms with E-state index in [4.69, 9.17) is 4.42 Å². The van der Waals surface area contributed by atoms with E-state index in [-0.39, 0.29) is 11.8 Å². The summed E-state index contributed by atoms with van der Waals surface area (Å²) in [5.74, 6) is 0.395. The molecule has 0 radical (unpaired) electrons. The van der Waals surface area contributed by atoms with Crippen LogP contribution in [-0.2, 0) is 10.5 Å². The average molecular weight is 282 g/mol. The number of carbonyl (C=O) groups is 1. The fraction of sp³-hybridized carbons (Fsp3) is 0.333. The fourth-order valence-electron chi connectivity index (χ4n) is 2.37. The van der Waals surface area contributed by atoms with Crippen molar-refractivity contribution in [2.75, 3.05) is 0 Å². The maximum Gasteiger partial charge on any atom is 0.250 e. The SMILES string of the molecule is Cc1ccc2oc(C3(NC(=O)C4CC4)C=CN=N3)nc2c1. The van der Waals surface area contributed by atoms with E-state index in [1.165, 1.54) is 0 Å². The highest BCUT2D eigenvalue weighted by Gasteiger charge is 2.42. The van der Waals surface area contributed by atoms with Crippen LogP contribution < -0.4 is 5.32 Å². The third-order valence-corrected chi connectivity index (χ3v) is 3.73. The van der Waals surface area contributed by atoms with Gasteiger partial charge in [-0.25, -0.2) is 4.98 Å². The first kappa shape index (κ1) is 12.3. The van der Waals surface area contributed by atoms with Crippen LogP contribution in [0.5, 0.6) is 0 Å². The van der Waals surface area contributed by atoms with E-state index in [9.17, 15) is 4.79 Å². The first-order valence-electron chi connectivity index (χ1n) is 6.96. The number of azo groups is 1. The van der Waals surface area contributed by atoms with Crippen LogP contribution in [0.25, 0.3) is 11.1 Å². The minimum Gasteiger partial charge on any atom is -0.436 e. The van der Waals surface area contributed by atoms with E-state index < -0.39 is 5.66 Å². The first-order chi connectivity index (χ1) is 10.2. The molecule has 106 valence electrons. The lowest BCUT2D eigenvalue weighted by Gasteiger charge is -2.20. The summed E-state index contributed by atoms with van der Waals surface area (Å²) in [7, 11) is 0. The molecule has 6 heteroatoms. The molecule has 0 saturated heterocycles. The molecule has 2 heterocycles. The molecule has 1 atom stereocenters. The number of aryl methyl sites for hydroxylation is 1. The molecule has 1 unspecified atom stereocenters. The summed E-state index contributed by atoms with van der Waals surface area (Å²) in [5, 5.41) is 10.9. The van der Waals surface area contributed by atoms with Crippen molar-refractivity contribution in [2.24, 2.45) is 16.1 Å². The summed E-state index contributed by atoms with van der Waals surface area (Å²) < 4.78 is 5.78. The van der Waals surface area contributed by atoms with Gasteiger partial charge in [0.2, 0.25) is 11.6 Å². The summed E-state index contributed by atoms with van der Waals surface area (Å²) in [6.45, 7) is 1.99. The maximum atomic E-state index is 12.1. The van der Waals surface area contributed by atoms with Gasteiger partial charge >= 0.3 is 0 Å². The minimum atomic E-state index is -1.10. The van der Waals surface area contributed by atoms with Gasteiger partial charge in [-0.1, -0.05) is 6.07 Å². The third-order valence-electron chi connectivity index (χ3n) is 3.73. The Morgan fingerprint density at radius 1 is 1.43 bits per heavy atom. The monoisotopic (exact) mass is 282 g/mol. The molecule has 1 amide bonds. The Balaban J connectivity index is 1.76. The van der Waals surface area contributed by atoms with E-state index >= 15 is 0 Å². The Labute approximate surface area is 121 Å². The van der Waals surface area contributed by atoms with Crippen molar-refractivity contribution in [3.05, 3.63) is 41.9 Å². The van der Waals surface area contributed by atoms with Crippen LogP contribution >= 0.6 is 0 Å². The first-order valence-corrected chi connectivity index (χ1v) is 6.96. The number of nitrogens with zero attached hydrogens (tertiary/aromatic N) is 3. The van der Waals surface area contributed by atoms with E-state index in [0.717, 1.165) is 23.9 Å². The number of carbonyl (C=O) groups excluding carboxylic acids is 1. The number of hydrogen-bond acceptors (Lipinski definition) is 5. The van der Waals surface area contributed by atoms with Crippen molar-refractivity contribution >= 4 is 17.0 Å². The van der Waals surface area contributed by atoms with Crippen LogP contribution in [0.2, 0.25) is 0 Å². The molecule has 2 aliphatic rings. The van der Waals surface area contributed by atoms with Gasteiger partial charge in [0.15, 0.2) is 5.58 Å². The lowest BCUT2D eigenvalue weighted by Crippen LogP contribution is -2.43. The molecule has 6 nitrogen and oxygen atoms in total. The normalized spacial score (nSPS) is 23.9. The molecule has 1 aliphatic heterocycles. The third kappa shape index (κ3) is 2.03. The van der Waals surface area contributed by atoms with Gasteiger partial charge in [0, 0.05) is 5.92 Å². The number of amides is 1. The van der Waals surface area contributed by atoms with Gasteiger partial charge in [0.25, 0.3) is 5.89 Å². The van der Waals surface area contributed by atoms with E-state index in [2.05, 4.69) is 20.5 Å². The Kier molecular flexibility index (Phi) is 2.48. The summed E-state index contributed by atoms with van der Waals surface area (Å²) >= 11 is 0. The predicted octanol–water partition coefficient (Wildman–Crippen LogP) is 2.79.